The monoisotopic (exact) mass is 445 g/mol. The average molecular weight is 446 g/mol. The SMILES string of the molecule is Cc1ccc(C)c(N2C[C@@H](C(=O)N3CCC[C@H](c4nc(-c5cccnc5)no4)C3)CC2=O)c1. The van der Waals surface area contributed by atoms with Crippen molar-refractivity contribution >= 4 is 17.5 Å². The minimum absolute atomic E-state index is 0.00662. The van der Waals surface area contributed by atoms with E-state index in [1.807, 2.05) is 49.1 Å². The molecular weight excluding hydrogens is 418 g/mol. The van der Waals surface area contributed by atoms with Gasteiger partial charge in [-0.2, -0.15) is 4.98 Å². The number of anilines is 1. The van der Waals surface area contributed by atoms with Crippen LogP contribution >= 0.6 is 0 Å². The van der Waals surface area contributed by atoms with Gasteiger partial charge >= 0.3 is 0 Å². The van der Waals surface area contributed by atoms with Crippen molar-refractivity contribution in [3.05, 3.63) is 59.7 Å². The number of likely N-dealkylation sites (tertiary alicyclic amines) is 1. The second-order valence-electron chi connectivity index (χ2n) is 9.02. The Hall–Kier alpha value is -3.55. The molecule has 33 heavy (non-hydrogen) atoms. The number of hydrogen-bond donors (Lipinski definition) is 0. The summed E-state index contributed by atoms with van der Waals surface area (Å²) in [5.41, 5.74) is 3.84. The second-order valence-corrected chi connectivity index (χ2v) is 9.02. The van der Waals surface area contributed by atoms with E-state index in [0.717, 1.165) is 35.2 Å². The fourth-order valence-electron chi connectivity index (χ4n) is 4.77. The lowest BCUT2D eigenvalue weighted by atomic mass is 9.96. The molecule has 0 radical (unpaired) electrons. The molecule has 0 saturated carbocycles. The van der Waals surface area contributed by atoms with E-state index in [1.54, 1.807) is 17.3 Å². The fraction of sp³-hybridized carbons (Fsp3) is 0.400. The first kappa shape index (κ1) is 21.3. The maximum atomic E-state index is 13.4. The minimum atomic E-state index is -0.329. The summed E-state index contributed by atoms with van der Waals surface area (Å²) >= 11 is 0. The van der Waals surface area contributed by atoms with Crippen LogP contribution in [0.25, 0.3) is 11.4 Å². The number of hydrogen-bond acceptors (Lipinski definition) is 6. The molecule has 4 heterocycles. The predicted octanol–water partition coefficient (Wildman–Crippen LogP) is 3.51. The highest BCUT2D eigenvalue weighted by Gasteiger charge is 2.39. The molecule has 0 unspecified atom stereocenters. The zero-order valence-corrected chi connectivity index (χ0v) is 18.9. The Morgan fingerprint density at radius 1 is 1.18 bits per heavy atom. The Labute approximate surface area is 192 Å². The van der Waals surface area contributed by atoms with E-state index < -0.39 is 0 Å². The number of rotatable bonds is 4. The molecule has 2 amide bonds. The van der Waals surface area contributed by atoms with Crippen LogP contribution in [0.2, 0.25) is 0 Å². The molecular formula is C25H27N5O3. The second kappa shape index (κ2) is 8.77. The lowest BCUT2D eigenvalue weighted by Gasteiger charge is -2.32. The normalized spacial score (nSPS) is 21.0. The average Bonchev–Trinajstić information content (AvgIpc) is 3.48. The van der Waals surface area contributed by atoms with Crippen molar-refractivity contribution in [1.82, 2.24) is 20.0 Å². The van der Waals surface area contributed by atoms with Crippen molar-refractivity contribution in [3.8, 4) is 11.4 Å². The summed E-state index contributed by atoms with van der Waals surface area (Å²) in [4.78, 5) is 38.4. The largest absolute Gasteiger partial charge is 0.342 e. The van der Waals surface area contributed by atoms with E-state index in [1.165, 1.54) is 0 Å². The topological polar surface area (TPSA) is 92.4 Å². The number of aromatic nitrogens is 3. The number of carbonyl (C=O) groups excluding carboxylic acids is 2. The molecule has 2 atom stereocenters. The molecule has 8 nitrogen and oxygen atoms in total. The number of piperidine rings is 1. The number of benzene rings is 1. The number of carbonyl (C=O) groups is 2. The smallest absolute Gasteiger partial charge is 0.231 e. The van der Waals surface area contributed by atoms with Crippen LogP contribution in [0, 0.1) is 19.8 Å². The van der Waals surface area contributed by atoms with Gasteiger partial charge in [-0.3, -0.25) is 14.6 Å². The van der Waals surface area contributed by atoms with E-state index in [0.29, 0.717) is 31.3 Å². The van der Waals surface area contributed by atoms with Gasteiger partial charge in [0, 0.05) is 49.7 Å². The Morgan fingerprint density at radius 2 is 2.06 bits per heavy atom. The fourth-order valence-corrected chi connectivity index (χ4v) is 4.77. The molecule has 2 fully saturated rings. The van der Waals surface area contributed by atoms with Crippen molar-refractivity contribution in [3.63, 3.8) is 0 Å². The number of aryl methyl sites for hydroxylation is 2. The molecule has 5 rings (SSSR count). The van der Waals surface area contributed by atoms with Gasteiger partial charge in [0.15, 0.2) is 0 Å². The van der Waals surface area contributed by atoms with Gasteiger partial charge in [0.05, 0.1) is 11.8 Å². The molecule has 2 aliphatic heterocycles. The van der Waals surface area contributed by atoms with Gasteiger partial charge in [-0.1, -0.05) is 17.3 Å². The quantitative estimate of drug-likeness (QED) is 0.610. The van der Waals surface area contributed by atoms with Gasteiger partial charge in [-0.05, 0) is 56.0 Å². The Kier molecular flexibility index (Phi) is 5.66. The molecule has 0 bridgehead atoms. The summed E-state index contributed by atoms with van der Waals surface area (Å²) in [7, 11) is 0. The maximum Gasteiger partial charge on any atom is 0.231 e. The van der Waals surface area contributed by atoms with Crippen molar-refractivity contribution in [2.24, 2.45) is 5.92 Å². The summed E-state index contributed by atoms with van der Waals surface area (Å²) < 4.78 is 5.54. The highest BCUT2D eigenvalue weighted by Crippen LogP contribution is 2.32. The van der Waals surface area contributed by atoms with E-state index in [9.17, 15) is 9.59 Å². The molecule has 3 aromatic rings. The lowest BCUT2D eigenvalue weighted by Crippen LogP contribution is -2.43. The Morgan fingerprint density at radius 3 is 2.88 bits per heavy atom. The van der Waals surface area contributed by atoms with Gasteiger partial charge in [-0.15, -0.1) is 0 Å². The van der Waals surface area contributed by atoms with Crippen molar-refractivity contribution in [2.75, 3.05) is 24.5 Å². The summed E-state index contributed by atoms with van der Waals surface area (Å²) in [5, 5.41) is 4.10. The minimum Gasteiger partial charge on any atom is -0.342 e. The number of amides is 2. The number of nitrogens with zero attached hydrogens (tertiary/aromatic N) is 5. The van der Waals surface area contributed by atoms with Crippen LogP contribution in [-0.4, -0.2) is 51.5 Å². The van der Waals surface area contributed by atoms with Crippen molar-refractivity contribution < 1.29 is 14.1 Å². The van der Waals surface area contributed by atoms with Crippen molar-refractivity contribution in [2.45, 2.75) is 39.0 Å². The molecule has 0 N–H and O–H groups in total. The summed E-state index contributed by atoms with van der Waals surface area (Å²) in [5.74, 6) is 0.761. The van der Waals surface area contributed by atoms with E-state index in [2.05, 4.69) is 15.1 Å². The highest BCUT2D eigenvalue weighted by atomic mass is 16.5. The van der Waals surface area contributed by atoms with Gasteiger partial charge < -0.3 is 14.3 Å². The van der Waals surface area contributed by atoms with Gasteiger partial charge in [0.2, 0.25) is 23.5 Å². The van der Waals surface area contributed by atoms with Crippen LogP contribution < -0.4 is 4.90 Å². The molecule has 2 aliphatic rings. The molecule has 8 heteroatoms. The van der Waals surface area contributed by atoms with Crippen LogP contribution in [0.5, 0.6) is 0 Å². The Balaban J connectivity index is 1.27. The molecule has 0 aliphatic carbocycles. The first-order valence-corrected chi connectivity index (χ1v) is 11.4. The maximum absolute atomic E-state index is 13.4. The summed E-state index contributed by atoms with van der Waals surface area (Å²) in [6.07, 6.45) is 5.40. The third kappa shape index (κ3) is 4.25. The van der Waals surface area contributed by atoms with Gasteiger partial charge in [0.25, 0.3) is 0 Å². The summed E-state index contributed by atoms with van der Waals surface area (Å²) in [6.45, 7) is 5.65. The molecule has 170 valence electrons. The molecule has 1 aromatic carbocycles. The van der Waals surface area contributed by atoms with Crippen LogP contribution in [0.1, 0.15) is 42.2 Å². The van der Waals surface area contributed by atoms with E-state index in [-0.39, 0.29) is 30.1 Å². The third-order valence-corrected chi connectivity index (χ3v) is 6.57. The molecule has 2 aromatic heterocycles. The zero-order valence-electron chi connectivity index (χ0n) is 18.9. The van der Waals surface area contributed by atoms with Crippen molar-refractivity contribution in [1.29, 1.82) is 0 Å². The van der Waals surface area contributed by atoms with E-state index in [4.69, 9.17) is 4.52 Å². The first-order chi connectivity index (χ1) is 16.0. The zero-order chi connectivity index (χ0) is 22.9. The van der Waals surface area contributed by atoms with E-state index >= 15 is 0 Å². The van der Waals surface area contributed by atoms with Crippen LogP contribution in [0.4, 0.5) is 5.69 Å². The van der Waals surface area contributed by atoms with Gasteiger partial charge in [0.1, 0.15) is 0 Å². The predicted molar refractivity (Wildman–Crippen MR) is 122 cm³/mol. The number of pyridine rings is 1. The molecule has 0 spiro atoms. The lowest BCUT2D eigenvalue weighted by molar-refractivity contribution is -0.137. The van der Waals surface area contributed by atoms with Gasteiger partial charge in [-0.25, -0.2) is 0 Å². The van der Waals surface area contributed by atoms with Crippen LogP contribution in [-0.2, 0) is 9.59 Å². The highest BCUT2D eigenvalue weighted by molar-refractivity contribution is 6.00. The Bertz CT molecular complexity index is 1180. The van der Waals surface area contributed by atoms with Crippen LogP contribution in [0.3, 0.4) is 0 Å². The third-order valence-electron chi connectivity index (χ3n) is 6.57. The van der Waals surface area contributed by atoms with Crippen LogP contribution in [0.15, 0.2) is 47.2 Å². The molecule has 2 saturated heterocycles. The first-order valence-electron chi connectivity index (χ1n) is 11.4. The standard InChI is InChI=1S/C25H27N5O3/c1-16-7-8-17(2)21(11-16)30-15-20(12-22(30)31)25(32)29-10-4-6-19(14-29)24-27-23(28-33-24)18-5-3-9-26-13-18/h3,5,7-9,11,13,19-20H,4,6,10,12,14-15H2,1-2H3/t19-,20-/m0/s1. The summed E-state index contributed by atoms with van der Waals surface area (Å²) in [6, 6.07) is 9.79.